The van der Waals surface area contributed by atoms with Gasteiger partial charge in [0.1, 0.15) is 11.6 Å². The third kappa shape index (κ3) is 3.98. The van der Waals surface area contributed by atoms with Gasteiger partial charge in [-0.2, -0.15) is 0 Å². The average Bonchev–Trinajstić information content (AvgIpc) is 3.25. The molecule has 1 fully saturated rings. The molecule has 158 valence electrons. The molecule has 3 heterocycles. The molecule has 2 aromatic carbocycles. The van der Waals surface area contributed by atoms with E-state index in [4.69, 9.17) is 0 Å². The minimum absolute atomic E-state index is 0.00297. The van der Waals surface area contributed by atoms with E-state index in [0.29, 0.717) is 17.8 Å². The van der Waals surface area contributed by atoms with E-state index in [1.165, 1.54) is 11.6 Å². The van der Waals surface area contributed by atoms with E-state index in [9.17, 15) is 9.18 Å². The zero-order valence-electron chi connectivity index (χ0n) is 17.3. The van der Waals surface area contributed by atoms with Crippen LogP contribution in [0, 0.1) is 5.82 Å². The van der Waals surface area contributed by atoms with Crippen molar-refractivity contribution in [3.8, 4) is 0 Å². The SMILES string of the molecule is O=C(c1ccc(N2CCC(Nc3ccccc3F)CC2)nc1)N1CCc2ccccc21. The van der Waals surface area contributed by atoms with Gasteiger partial charge in [-0.15, -0.1) is 0 Å². The van der Waals surface area contributed by atoms with Crippen molar-refractivity contribution in [3.63, 3.8) is 0 Å². The number of nitrogens with one attached hydrogen (secondary N) is 1. The van der Waals surface area contributed by atoms with Gasteiger partial charge in [0.2, 0.25) is 0 Å². The number of carbonyl (C=O) groups excluding carboxylic acids is 1. The summed E-state index contributed by atoms with van der Waals surface area (Å²) in [6.07, 6.45) is 4.38. The number of aromatic nitrogens is 1. The van der Waals surface area contributed by atoms with E-state index in [1.54, 1.807) is 18.3 Å². The number of hydrogen-bond donors (Lipinski definition) is 1. The second-order valence-electron chi connectivity index (χ2n) is 8.13. The highest BCUT2D eigenvalue weighted by atomic mass is 19.1. The molecule has 0 spiro atoms. The number of halogens is 1. The van der Waals surface area contributed by atoms with Gasteiger partial charge in [0.25, 0.3) is 5.91 Å². The quantitative estimate of drug-likeness (QED) is 0.680. The van der Waals surface area contributed by atoms with Crippen LogP contribution < -0.4 is 15.1 Å². The largest absolute Gasteiger partial charge is 0.380 e. The molecule has 0 bridgehead atoms. The van der Waals surface area contributed by atoms with Gasteiger partial charge in [0, 0.05) is 37.6 Å². The van der Waals surface area contributed by atoms with E-state index >= 15 is 0 Å². The Morgan fingerprint density at radius 3 is 2.52 bits per heavy atom. The number of benzene rings is 2. The fraction of sp³-hybridized carbons (Fsp3) is 0.280. The van der Waals surface area contributed by atoms with Crippen LogP contribution in [0.5, 0.6) is 0 Å². The first kappa shape index (κ1) is 19.5. The average molecular weight is 417 g/mol. The maximum absolute atomic E-state index is 13.9. The molecular weight excluding hydrogens is 391 g/mol. The normalized spacial score (nSPS) is 16.3. The summed E-state index contributed by atoms with van der Waals surface area (Å²) in [5, 5.41) is 3.31. The Labute approximate surface area is 181 Å². The highest BCUT2D eigenvalue weighted by Gasteiger charge is 2.26. The number of pyridine rings is 1. The van der Waals surface area contributed by atoms with E-state index in [-0.39, 0.29) is 17.8 Å². The summed E-state index contributed by atoms with van der Waals surface area (Å²) in [6.45, 7) is 2.39. The van der Waals surface area contributed by atoms with Crippen LogP contribution in [0.4, 0.5) is 21.6 Å². The second kappa shape index (κ2) is 8.38. The fourth-order valence-electron chi connectivity index (χ4n) is 4.46. The van der Waals surface area contributed by atoms with E-state index in [0.717, 1.165) is 43.9 Å². The number of amides is 1. The molecule has 1 N–H and O–H groups in total. The van der Waals surface area contributed by atoms with Crippen molar-refractivity contribution < 1.29 is 9.18 Å². The van der Waals surface area contributed by atoms with Crippen LogP contribution in [0.1, 0.15) is 28.8 Å². The monoisotopic (exact) mass is 416 g/mol. The van der Waals surface area contributed by atoms with E-state index in [2.05, 4.69) is 21.3 Å². The fourth-order valence-corrected chi connectivity index (χ4v) is 4.46. The lowest BCUT2D eigenvalue weighted by atomic mass is 10.0. The topological polar surface area (TPSA) is 48.5 Å². The Kier molecular flexibility index (Phi) is 5.28. The molecule has 0 radical (unpaired) electrons. The summed E-state index contributed by atoms with van der Waals surface area (Å²) in [5.74, 6) is 0.659. The highest BCUT2D eigenvalue weighted by Crippen LogP contribution is 2.29. The van der Waals surface area contributed by atoms with E-state index in [1.807, 2.05) is 41.3 Å². The first-order chi connectivity index (χ1) is 15.2. The first-order valence-electron chi connectivity index (χ1n) is 10.8. The molecule has 2 aliphatic rings. The van der Waals surface area contributed by atoms with Crippen LogP contribution in [-0.4, -0.2) is 36.6 Å². The number of para-hydroxylation sites is 2. The Morgan fingerprint density at radius 2 is 1.74 bits per heavy atom. The molecule has 5 rings (SSSR count). The molecule has 3 aromatic rings. The summed E-state index contributed by atoms with van der Waals surface area (Å²) >= 11 is 0. The molecule has 0 atom stereocenters. The number of fused-ring (bicyclic) bond motifs is 1. The molecule has 2 aliphatic heterocycles. The second-order valence-corrected chi connectivity index (χ2v) is 8.13. The summed E-state index contributed by atoms with van der Waals surface area (Å²) < 4.78 is 13.9. The number of nitrogens with zero attached hydrogens (tertiary/aromatic N) is 3. The molecule has 0 aliphatic carbocycles. The number of piperidine rings is 1. The Hall–Kier alpha value is -3.41. The minimum Gasteiger partial charge on any atom is -0.380 e. The van der Waals surface area contributed by atoms with Crippen molar-refractivity contribution in [3.05, 3.63) is 83.8 Å². The van der Waals surface area contributed by atoms with Crippen molar-refractivity contribution in [2.24, 2.45) is 0 Å². The molecular formula is C25H25FN4O. The van der Waals surface area contributed by atoms with E-state index < -0.39 is 0 Å². The standard InChI is InChI=1S/C25H25FN4O/c26-21-6-2-3-7-22(21)28-20-12-14-29(15-13-20)24-10-9-19(17-27-24)25(31)30-16-11-18-5-1-4-8-23(18)30/h1-10,17,20,28H,11-16H2. The third-order valence-electron chi connectivity index (χ3n) is 6.18. The highest BCUT2D eigenvalue weighted by molar-refractivity contribution is 6.07. The third-order valence-corrected chi connectivity index (χ3v) is 6.18. The van der Waals surface area contributed by atoms with Crippen molar-refractivity contribution in [2.45, 2.75) is 25.3 Å². The van der Waals surface area contributed by atoms with Gasteiger partial charge in [-0.25, -0.2) is 9.37 Å². The maximum atomic E-state index is 13.9. The zero-order chi connectivity index (χ0) is 21.2. The predicted octanol–water partition coefficient (Wildman–Crippen LogP) is 4.50. The first-order valence-corrected chi connectivity index (χ1v) is 10.8. The van der Waals surface area contributed by atoms with Gasteiger partial charge in [0.05, 0.1) is 11.3 Å². The number of hydrogen-bond acceptors (Lipinski definition) is 4. The molecule has 0 saturated carbocycles. The van der Waals surface area contributed by atoms with Crippen LogP contribution in [0.3, 0.4) is 0 Å². The zero-order valence-corrected chi connectivity index (χ0v) is 17.3. The van der Waals surface area contributed by atoms with Crippen molar-refractivity contribution in [2.75, 3.05) is 34.8 Å². The lowest BCUT2D eigenvalue weighted by molar-refractivity contribution is 0.0989. The van der Waals surface area contributed by atoms with Crippen molar-refractivity contribution in [1.82, 2.24) is 4.98 Å². The van der Waals surface area contributed by atoms with Crippen LogP contribution in [0.15, 0.2) is 66.9 Å². The summed E-state index contributed by atoms with van der Waals surface area (Å²) in [4.78, 5) is 21.6. The van der Waals surface area contributed by atoms with Crippen LogP contribution >= 0.6 is 0 Å². The van der Waals surface area contributed by atoms with Crippen molar-refractivity contribution in [1.29, 1.82) is 0 Å². The molecule has 1 saturated heterocycles. The predicted molar refractivity (Wildman–Crippen MR) is 121 cm³/mol. The lowest BCUT2D eigenvalue weighted by Crippen LogP contribution is -2.39. The lowest BCUT2D eigenvalue weighted by Gasteiger charge is -2.33. The summed E-state index contributed by atoms with van der Waals surface area (Å²) in [6, 6.07) is 18.9. The van der Waals surface area contributed by atoms with Gasteiger partial charge in [0.15, 0.2) is 0 Å². The molecule has 0 unspecified atom stereocenters. The van der Waals surface area contributed by atoms with Crippen LogP contribution in [-0.2, 0) is 6.42 Å². The molecule has 1 amide bonds. The van der Waals surface area contributed by atoms with Gasteiger partial charge in [-0.3, -0.25) is 4.79 Å². The van der Waals surface area contributed by atoms with Gasteiger partial charge in [-0.1, -0.05) is 30.3 Å². The number of carbonyl (C=O) groups is 1. The van der Waals surface area contributed by atoms with Gasteiger partial charge >= 0.3 is 0 Å². The summed E-state index contributed by atoms with van der Waals surface area (Å²) in [5.41, 5.74) is 3.38. The van der Waals surface area contributed by atoms with Crippen molar-refractivity contribution >= 4 is 23.1 Å². The van der Waals surface area contributed by atoms with Gasteiger partial charge < -0.3 is 15.1 Å². The summed E-state index contributed by atoms with van der Waals surface area (Å²) in [7, 11) is 0. The maximum Gasteiger partial charge on any atom is 0.259 e. The van der Waals surface area contributed by atoms with Crippen LogP contribution in [0.25, 0.3) is 0 Å². The number of rotatable bonds is 4. The Bertz CT molecular complexity index is 1080. The molecule has 31 heavy (non-hydrogen) atoms. The Morgan fingerprint density at radius 1 is 0.968 bits per heavy atom. The molecule has 6 heteroatoms. The van der Waals surface area contributed by atoms with Crippen LogP contribution in [0.2, 0.25) is 0 Å². The molecule has 1 aromatic heterocycles. The molecule has 5 nitrogen and oxygen atoms in total. The minimum atomic E-state index is -0.215. The number of anilines is 3. The van der Waals surface area contributed by atoms with Gasteiger partial charge in [-0.05, 0) is 55.2 Å². The smallest absolute Gasteiger partial charge is 0.259 e. The Balaban J connectivity index is 1.20.